The Hall–Kier alpha value is -3.72. The highest BCUT2D eigenvalue weighted by Gasteiger charge is 2.46. The molecule has 0 bridgehead atoms. The number of benzene rings is 2. The number of nitro benzene ring substituents is 1. The molecule has 0 aromatic heterocycles. The lowest BCUT2D eigenvalue weighted by atomic mass is 9.95. The predicted molar refractivity (Wildman–Crippen MR) is 123 cm³/mol. The Morgan fingerprint density at radius 3 is 2.42 bits per heavy atom. The van der Waals surface area contributed by atoms with Gasteiger partial charge < -0.3 is 19.6 Å². The smallest absolute Gasteiger partial charge is 0.295 e. The number of carbonyl (C=O) groups is 2. The fourth-order valence-electron chi connectivity index (χ4n) is 3.69. The van der Waals surface area contributed by atoms with E-state index in [1.165, 1.54) is 29.2 Å². The van der Waals surface area contributed by atoms with Crippen LogP contribution in [-0.2, 0) is 9.59 Å². The summed E-state index contributed by atoms with van der Waals surface area (Å²) in [6, 6.07) is 11.4. The fourth-order valence-corrected chi connectivity index (χ4v) is 3.69. The molecule has 1 N–H and O–H groups in total. The molecule has 1 fully saturated rings. The van der Waals surface area contributed by atoms with E-state index in [4.69, 9.17) is 4.74 Å². The molecule has 1 unspecified atom stereocenters. The lowest BCUT2D eigenvalue weighted by molar-refractivity contribution is -0.384. The van der Waals surface area contributed by atoms with E-state index >= 15 is 0 Å². The predicted octanol–water partition coefficient (Wildman–Crippen LogP) is 3.37. The molecule has 0 radical (unpaired) electrons. The van der Waals surface area contributed by atoms with Gasteiger partial charge in [-0.05, 0) is 57.8 Å². The van der Waals surface area contributed by atoms with E-state index in [1.807, 2.05) is 32.8 Å². The van der Waals surface area contributed by atoms with Crippen molar-refractivity contribution in [2.24, 2.45) is 0 Å². The molecule has 33 heavy (non-hydrogen) atoms. The van der Waals surface area contributed by atoms with Gasteiger partial charge in [0.05, 0.1) is 22.6 Å². The van der Waals surface area contributed by atoms with Crippen LogP contribution in [0.1, 0.15) is 31.0 Å². The number of carbonyl (C=O) groups excluding carboxylic acids is 2. The van der Waals surface area contributed by atoms with Crippen LogP contribution in [0, 0.1) is 10.1 Å². The van der Waals surface area contributed by atoms with Crippen molar-refractivity contribution in [1.82, 2.24) is 9.80 Å². The first-order valence-electron chi connectivity index (χ1n) is 10.5. The Morgan fingerprint density at radius 1 is 1.18 bits per heavy atom. The number of rotatable bonds is 8. The number of ether oxygens (including phenoxy) is 1. The molecular weight excluding hydrogens is 426 g/mol. The molecule has 0 saturated carbocycles. The highest BCUT2D eigenvalue weighted by Crippen LogP contribution is 2.40. The number of non-ortho nitro benzene ring substituents is 1. The highest BCUT2D eigenvalue weighted by atomic mass is 16.6. The molecule has 0 spiro atoms. The zero-order chi connectivity index (χ0) is 24.3. The summed E-state index contributed by atoms with van der Waals surface area (Å²) < 4.78 is 5.78. The van der Waals surface area contributed by atoms with Crippen LogP contribution in [0.4, 0.5) is 5.69 Å². The maximum atomic E-state index is 13.0. The summed E-state index contributed by atoms with van der Waals surface area (Å²) >= 11 is 0. The SMILES string of the molecule is CC(C)Oc1cccc(C2/C(=C(\O)c3ccc([N+](=O)[O-])cc3)C(=O)C(=O)N2CCN(C)C)c1. The van der Waals surface area contributed by atoms with Crippen molar-refractivity contribution in [3.63, 3.8) is 0 Å². The molecule has 1 saturated heterocycles. The highest BCUT2D eigenvalue weighted by molar-refractivity contribution is 6.46. The van der Waals surface area contributed by atoms with Crippen LogP contribution in [0.5, 0.6) is 5.75 Å². The molecule has 2 aromatic carbocycles. The Balaban J connectivity index is 2.13. The molecule has 1 heterocycles. The van der Waals surface area contributed by atoms with E-state index in [1.54, 1.807) is 24.3 Å². The zero-order valence-corrected chi connectivity index (χ0v) is 19.0. The molecule has 1 amide bonds. The van der Waals surface area contributed by atoms with Crippen molar-refractivity contribution < 1.29 is 24.4 Å². The minimum atomic E-state index is -0.823. The summed E-state index contributed by atoms with van der Waals surface area (Å²) in [6.45, 7) is 4.58. The van der Waals surface area contributed by atoms with Crippen molar-refractivity contribution in [3.05, 3.63) is 75.3 Å². The third-order valence-corrected chi connectivity index (χ3v) is 5.23. The Kier molecular flexibility index (Phi) is 7.13. The Bertz CT molecular complexity index is 1090. The average Bonchev–Trinajstić information content (AvgIpc) is 3.01. The van der Waals surface area contributed by atoms with Crippen LogP contribution in [0.3, 0.4) is 0 Å². The van der Waals surface area contributed by atoms with Gasteiger partial charge in [-0.15, -0.1) is 0 Å². The van der Waals surface area contributed by atoms with E-state index < -0.39 is 22.7 Å². The maximum absolute atomic E-state index is 13.0. The third kappa shape index (κ3) is 5.20. The zero-order valence-electron chi connectivity index (χ0n) is 19.0. The van der Waals surface area contributed by atoms with E-state index in [-0.39, 0.29) is 35.2 Å². The number of nitro groups is 1. The number of nitrogens with zero attached hydrogens (tertiary/aromatic N) is 3. The summed E-state index contributed by atoms with van der Waals surface area (Å²) in [4.78, 5) is 39.7. The van der Waals surface area contributed by atoms with Crippen LogP contribution >= 0.6 is 0 Å². The number of aliphatic hydroxyl groups is 1. The van der Waals surface area contributed by atoms with Gasteiger partial charge in [-0.3, -0.25) is 19.7 Å². The first kappa shape index (κ1) is 23.9. The van der Waals surface area contributed by atoms with Crippen molar-refractivity contribution in [2.75, 3.05) is 27.2 Å². The number of hydrogen-bond donors (Lipinski definition) is 1. The number of aliphatic hydroxyl groups excluding tert-OH is 1. The van der Waals surface area contributed by atoms with Crippen molar-refractivity contribution in [2.45, 2.75) is 26.0 Å². The van der Waals surface area contributed by atoms with Crippen LogP contribution in [0.15, 0.2) is 54.1 Å². The fraction of sp³-hybridized carbons (Fsp3) is 0.333. The first-order chi connectivity index (χ1) is 15.6. The van der Waals surface area contributed by atoms with Gasteiger partial charge in [0.2, 0.25) is 0 Å². The molecule has 9 nitrogen and oxygen atoms in total. The third-order valence-electron chi connectivity index (χ3n) is 5.23. The van der Waals surface area contributed by atoms with E-state index in [9.17, 15) is 24.8 Å². The molecule has 1 atom stereocenters. The molecule has 1 aliphatic rings. The van der Waals surface area contributed by atoms with Gasteiger partial charge in [-0.25, -0.2) is 0 Å². The number of ketones is 1. The van der Waals surface area contributed by atoms with Gasteiger partial charge in [0.15, 0.2) is 0 Å². The second-order valence-electron chi connectivity index (χ2n) is 8.34. The number of amides is 1. The van der Waals surface area contributed by atoms with Crippen molar-refractivity contribution >= 4 is 23.1 Å². The van der Waals surface area contributed by atoms with Crippen LogP contribution in [0.25, 0.3) is 5.76 Å². The number of likely N-dealkylation sites (tertiary alicyclic amines) is 1. The van der Waals surface area contributed by atoms with Gasteiger partial charge in [0.1, 0.15) is 11.5 Å². The van der Waals surface area contributed by atoms with Gasteiger partial charge in [-0.2, -0.15) is 0 Å². The summed E-state index contributed by atoms with van der Waals surface area (Å²) in [5, 5.41) is 22.0. The summed E-state index contributed by atoms with van der Waals surface area (Å²) in [5.41, 5.74) is 0.628. The normalized spacial score (nSPS) is 17.8. The lowest BCUT2D eigenvalue weighted by Gasteiger charge is -2.27. The monoisotopic (exact) mass is 453 g/mol. The van der Waals surface area contributed by atoms with E-state index in [0.717, 1.165) is 0 Å². The van der Waals surface area contributed by atoms with Crippen molar-refractivity contribution in [3.8, 4) is 5.75 Å². The molecule has 0 aliphatic carbocycles. The van der Waals surface area contributed by atoms with E-state index in [2.05, 4.69) is 0 Å². The second kappa shape index (κ2) is 9.83. The molecule has 9 heteroatoms. The second-order valence-corrected chi connectivity index (χ2v) is 8.34. The molecule has 1 aliphatic heterocycles. The standard InChI is InChI=1S/C24H27N3O6/c1-15(2)33-19-7-5-6-17(14-19)21-20(23(29)24(30)26(21)13-12-25(3)4)22(28)16-8-10-18(11-9-16)27(31)32/h5-11,14-15,21,28H,12-13H2,1-4H3/b22-20+. The van der Waals surface area contributed by atoms with Gasteiger partial charge in [-0.1, -0.05) is 12.1 Å². The Labute approximate surface area is 192 Å². The quantitative estimate of drug-likeness (QED) is 0.214. The lowest BCUT2D eigenvalue weighted by Crippen LogP contribution is -2.35. The Morgan fingerprint density at radius 2 is 1.85 bits per heavy atom. The summed E-state index contributed by atoms with van der Waals surface area (Å²) in [6.07, 6.45) is -0.0690. The first-order valence-corrected chi connectivity index (χ1v) is 10.5. The van der Waals surface area contributed by atoms with Crippen LogP contribution in [-0.4, -0.2) is 64.8 Å². The van der Waals surface area contributed by atoms with E-state index in [0.29, 0.717) is 17.9 Å². The number of likely N-dealkylation sites (N-methyl/N-ethyl adjacent to an activating group) is 1. The average molecular weight is 453 g/mol. The maximum Gasteiger partial charge on any atom is 0.295 e. The van der Waals surface area contributed by atoms with Crippen molar-refractivity contribution in [1.29, 1.82) is 0 Å². The number of Topliss-reactive ketones (excluding diaryl/α,β-unsaturated/α-hetero) is 1. The summed E-state index contributed by atoms with van der Waals surface area (Å²) in [5.74, 6) is -1.31. The molecule has 3 rings (SSSR count). The largest absolute Gasteiger partial charge is 0.507 e. The number of hydrogen-bond acceptors (Lipinski definition) is 7. The topological polar surface area (TPSA) is 113 Å². The van der Waals surface area contributed by atoms with Gasteiger partial charge in [0, 0.05) is 30.8 Å². The van der Waals surface area contributed by atoms with Crippen LogP contribution in [0.2, 0.25) is 0 Å². The van der Waals surface area contributed by atoms with Crippen LogP contribution < -0.4 is 4.74 Å². The van der Waals surface area contributed by atoms with Gasteiger partial charge >= 0.3 is 0 Å². The minimum absolute atomic E-state index is 0.0608. The van der Waals surface area contributed by atoms with Gasteiger partial charge in [0.25, 0.3) is 17.4 Å². The minimum Gasteiger partial charge on any atom is -0.507 e. The summed E-state index contributed by atoms with van der Waals surface area (Å²) in [7, 11) is 3.72. The molecular formula is C24H27N3O6. The molecule has 2 aromatic rings. The molecule has 174 valence electrons.